The number of halogens is 3. The lowest BCUT2D eigenvalue weighted by atomic mass is 10.1. The van der Waals surface area contributed by atoms with Crippen LogP contribution < -0.4 is 0 Å². The van der Waals surface area contributed by atoms with E-state index in [1.54, 1.807) is 6.08 Å². The van der Waals surface area contributed by atoms with E-state index in [-0.39, 0.29) is 11.3 Å². The Morgan fingerprint density at radius 3 is 2.26 bits per heavy atom. The van der Waals surface area contributed by atoms with Crippen LogP contribution in [0.1, 0.15) is 35.2 Å². The van der Waals surface area contributed by atoms with Crippen LogP contribution in [0.15, 0.2) is 36.4 Å². The molecule has 0 atom stereocenters. The third-order valence-electron chi connectivity index (χ3n) is 2.46. The second-order valence-electron chi connectivity index (χ2n) is 3.94. The largest absolute Gasteiger partial charge is 0.416 e. The number of allylic oxidation sites excluding steroid dienone is 2. The van der Waals surface area contributed by atoms with Gasteiger partial charge in [0.15, 0.2) is 5.78 Å². The molecular weight excluding hydrogens is 257 g/mol. The van der Waals surface area contributed by atoms with Crippen molar-refractivity contribution in [2.45, 2.75) is 25.4 Å². The van der Waals surface area contributed by atoms with Gasteiger partial charge in [-0.3, -0.25) is 4.79 Å². The number of hydrogen-bond acceptors (Lipinski definition) is 2. The first-order valence-electron chi connectivity index (χ1n) is 5.77. The molecule has 0 heterocycles. The first-order chi connectivity index (χ1) is 8.95. The third kappa shape index (κ3) is 5.07. The molecule has 1 rings (SSSR count). The Morgan fingerprint density at radius 2 is 1.74 bits per heavy atom. The number of carbonyl (C=O) groups is 2. The Labute approximate surface area is 108 Å². The molecule has 0 aliphatic heterocycles. The van der Waals surface area contributed by atoms with Crippen LogP contribution in [0.2, 0.25) is 0 Å². The lowest BCUT2D eigenvalue weighted by Crippen LogP contribution is -2.05. The van der Waals surface area contributed by atoms with Crippen molar-refractivity contribution >= 4 is 12.1 Å². The van der Waals surface area contributed by atoms with Crippen LogP contribution in [0.25, 0.3) is 0 Å². The summed E-state index contributed by atoms with van der Waals surface area (Å²) in [7, 11) is 0. The van der Waals surface area contributed by atoms with Gasteiger partial charge in [-0.25, -0.2) is 0 Å². The van der Waals surface area contributed by atoms with Gasteiger partial charge in [0.2, 0.25) is 0 Å². The predicted octanol–water partition coefficient (Wildman–Crippen LogP) is 3.81. The molecule has 19 heavy (non-hydrogen) atoms. The van der Waals surface area contributed by atoms with E-state index in [9.17, 15) is 22.8 Å². The molecule has 0 saturated carbocycles. The minimum Gasteiger partial charge on any atom is -0.303 e. The lowest BCUT2D eigenvalue weighted by Gasteiger charge is -2.06. The molecule has 0 unspecified atom stereocenters. The number of unbranched alkanes of at least 4 members (excludes halogenated alkanes) is 2. The molecule has 0 aromatic heterocycles. The van der Waals surface area contributed by atoms with Gasteiger partial charge in [0.1, 0.15) is 6.29 Å². The standard InChI is InChI=1S/C14H13F3O2/c15-14(16,17)12-8-6-11(7-9-12)13(19)5-3-1-2-4-10-18/h3,5-10H,1-2,4H2/b5-3+. The Morgan fingerprint density at radius 1 is 1.11 bits per heavy atom. The van der Waals surface area contributed by atoms with E-state index >= 15 is 0 Å². The summed E-state index contributed by atoms with van der Waals surface area (Å²) >= 11 is 0. The van der Waals surface area contributed by atoms with Crippen LogP contribution >= 0.6 is 0 Å². The summed E-state index contributed by atoms with van der Waals surface area (Å²) in [4.78, 5) is 21.7. The molecule has 1 aromatic carbocycles. The number of hydrogen-bond donors (Lipinski definition) is 0. The van der Waals surface area contributed by atoms with Gasteiger partial charge in [0, 0.05) is 12.0 Å². The van der Waals surface area contributed by atoms with Crippen LogP contribution in [0.4, 0.5) is 13.2 Å². The molecule has 0 spiro atoms. The molecule has 5 heteroatoms. The van der Waals surface area contributed by atoms with Gasteiger partial charge in [0.05, 0.1) is 5.56 Å². The van der Waals surface area contributed by atoms with Crippen molar-refractivity contribution in [1.29, 1.82) is 0 Å². The Balaban J connectivity index is 2.61. The Bertz CT molecular complexity index is 459. The van der Waals surface area contributed by atoms with Crippen LogP contribution in [0.3, 0.4) is 0 Å². The van der Waals surface area contributed by atoms with Gasteiger partial charge in [-0.2, -0.15) is 13.2 Å². The molecule has 0 saturated heterocycles. The fourth-order valence-corrected chi connectivity index (χ4v) is 1.43. The highest BCUT2D eigenvalue weighted by Gasteiger charge is 2.30. The van der Waals surface area contributed by atoms with Crippen molar-refractivity contribution in [2.24, 2.45) is 0 Å². The fraction of sp³-hybridized carbons (Fsp3) is 0.286. The maximum Gasteiger partial charge on any atom is 0.416 e. The van der Waals surface area contributed by atoms with E-state index in [1.165, 1.54) is 6.08 Å². The van der Waals surface area contributed by atoms with Gasteiger partial charge in [0.25, 0.3) is 0 Å². The van der Waals surface area contributed by atoms with E-state index in [0.717, 1.165) is 30.6 Å². The van der Waals surface area contributed by atoms with Crippen LogP contribution in [0, 0.1) is 0 Å². The molecular formula is C14H13F3O2. The van der Waals surface area contributed by atoms with Crippen molar-refractivity contribution in [3.05, 3.63) is 47.5 Å². The van der Waals surface area contributed by atoms with Crippen LogP contribution in [-0.4, -0.2) is 12.1 Å². The number of carbonyl (C=O) groups excluding carboxylic acids is 2. The molecule has 0 aliphatic rings. The SMILES string of the molecule is O=CCCC/C=C/C(=O)c1ccc(C(F)(F)F)cc1. The summed E-state index contributed by atoms with van der Waals surface area (Å²) in [5.74, 6) is -0.347. The number of ketones is 1. The Kier molecular flexibility index (Phi) is 5.48. The van der Waals surface area contributed by atoms with Crippen LogP contribution in [-0.2, 0) is 11.0 Å². The van der Waals surface area contributed by atoms with E-state index in [1.807, 2.05) is 0 Å². The average Bonchev–Trinajstić information content (AvgIpc) is 2.37. The van der Waals surface area contributed by atoms with Crippen molar-refractivity contribution in [2.75, 3.05) is 0 Å². The molecule has 0 aliphatic carbocycles. The summed E-state index contributed by atoms with van der Waals surface area (Å²) < 4.78 is 36.9. The summed E-state index contributed by atoms with van der Waals surface area (Å²) in [5.41, 5.74) is -0.571. The summed E-state index contributed by atoms with van der Waals surface area (Å²) in [6.45, 7) is 0. The second kappa shape index (κ2) is 6.87. The molecule has 0 bridgehead atoms. The molecule has 0 radical (unpaired) electrons. The zero-order valence-corrected chi connectivity index (χ0v) is 10.1. The quantitative estimate of drug-likeness (QED) is 0.341. The maximum absolute atomic E-state index is 12.3. The molecule has 1 aromatic rings. The first-order valence-corrected chi connectivity index (χ1v) is 5.77. The zero-order valence-electron chi connectivity index (χ0n) is 10.1. The molecule has 0 fully saturated rings. The molecule has 0 N–H and O–H groups in total. The minimum absolute atomic E-state index is 0.208. The highest BCUT2D eigenvalue weighted by Crippen LogP contribution is 2.29. The van der Waals surface area contributed by atoms with Crippen molar-refractivity contribution in [3.8, 4) is 0 Å². The van der Waals surface area contributed by atoms with Gasteiger partial charge >= 0.3 is 6.18 Å². The number of aldehydes is 1. The maximum atomic E-state index is 12.3. The topological polar surface area (TPSA) is 34.1 Å². The van der Waals surface area contributed by atoms with E-state index in [2.05, 4.69) is 0 Å². The van der Waals surface area contributed by atoms with Gasteiger partial charge in [-0.15, -0.1) is 0 Å². The Hall–Kier alpha value is -1.91. The fourth-order valence-electron chi connectivity index (χ4n) is 1.43. The monoisotopic (exact) mass is 270 g/mol. The first kappa shape index (κ1) is 15.1. The molecule has 0 amide bonds. The van der Waals surface area contributed by atoms with Crippen LogP contribution in [0.5, 0.6) is 0 Å². The smallest absolute Gasteiger partial charge is 0.303 e. The summed E-state index contributed by atoms with van der Waals surface area (Å²) in [6.07, 6.45) is 0.999. The normalized spacial score (nSPS) is 11.7. The highest BCUT2D eigenvalue weighted by atomic mass is 19.4. The summed E-state index contributed by atoms with van der Waals surface area (Å²) in [5, 5.41) is 0. The lowest BCUT2D eigenvalue weighted by molar-refractivity contribution is -0.137. The predicted molar refractivity (Wildman–Crippen MR) is 64.8 cm³/mol. The summed E-state index contributed by atoms with van der Waals surface area (Å²) in [6, 6.07) is 4.07. The minimum atomic E-state index is -4.40. The second-order valence-corrected chi connectivity index (χ2v) is 3.94. The molecule has 2 nitrogen and oxygen atoms in total. The van der Waals surface area contributed by atoms with Gasteiger partial charge in [-0.05, 0) is 31.1 Å². The number of alkyl halides is 3. The van der Waals surface area contributed by atoms with E-state index in [0.29, 0.717) is 19.3 Å². The zero-order chi connectivity index (χ0) is 14.3. The average molecular weight is 270 g/mol. The number of benzene rings is 1. The van der Waals surface area contributed by atoms with E-state index < -0.39 is 11.7 Å². The third-order valence-corrected chi connectivity index (χ3v) is 2.46. The van der Waals surface area contributed by atoms with E-state index in [4.69, 9.17) is 0 Å². The van der Waals surface area contributed by atoms with Crippen molar-refractivity contribution in [3.63, 3.8) is 0 Å². The van der Waals surface area contributed by atoms with Crippen molar-refractivity contribution in [1.82, 2.24) is 0 Å². The van der Waals surface area contributed by atoms with Gasteiger partial charge in [-0.1, -0.05) is 18.2 Å². The molecule has 102 valence electrons. The highest BCUT2D eigenvalue weighted by molar-refractivity contribution is 6.04. The number of rotatable bonds is 6. The van der Waals surface area contributed by atoms with Gasteiger partial charge < -0.3 is 4.79 Å². The van der Waals surface area contributed by atoms with Crippen molar-refractivity contribution < 1.29 is 22.8 Å².